The summed E-state index contributed by atoms with van der Waals surface area (Å²) < 4.78 is 11.4. The Morgan fingerprint density at radius 3 is 2.67 bits per heavy atom. The molecule has 1 aliphatic rings. The van der Waals surface area contributed by atoms with E-state index in [9.17, 15) is 4.79 Å². The van der Waals surface area contributed by atoms with E-state index in [4.69, 9.17) is 15.2 Å². The first-order chi connectivity index (χ1) is 11.7. The Labute approximate surface area is 141 Å². The van der Waals surface area contributed by atoms with Gasteiger partial charge >= 0.3 is 0 Å². The van der Waals surface area contributed by atoms with Crippen LogP contribution < -0.4 is 20.5 Å². The maximum Gasteiger partial charge on any atom is 0.255 e. The molecule has 1 aliphatic carbocycles. The number of nitrogens with zero attached hydrogens (tertiary/aromatic N) is 1. The number of benzene rings is 1. The molecule has 1 amide bonds. The second-order valence-electron chi connectivity index (χ2n) is 5.82. The Morgan fingerprint density at radius 1 is 1.21 bits per heavy atom. The van der Waals surface area contributed by atoms with E-state index < -0.39 is 0 Å². The molecule has 1 saturated carbocycles. The summed E-state index contributed by atoms with van der Waals surface area (Å²) in [4.78, 5) is 16.3. The van der Waals surface area contributed by atoms with Crippen LogP contribution in [0.1, 0.15) is 36.0 Å². The summed E-state index contributed by atoms with van der Waals surface area (Å²) in [6.07, 6.45) is 6.28. The van der Waals surface area contributed by atoms with Gasteiger partial charge in [-0.05, 0) is 56.0 Å². The fourth-order valence-electron chi connectivity index (χ4n) is 2.77. The van der Waals surface area contributed by atoms with Crippen LogP contribution in [0.5, 0.6) is 11.5 Å². The third kappa shape index (κ3) is 3.76. The van der Waals surface area contributed by atoms with Crippen molar-refractivity contribution in [2.45, 2.75) is 31.8 Å². The highest BCUT2D eigenvalue weighted by Crippen LogP contribution is 2.32. The molecule has 1 fully saturated rings. The fourth-order valence-corrected chi connectivity index (χ4v) is 2.77. The van der Waals surface area contributed by atoms with E-state index >= 15 is 0 Å². The molecule has 3 N–H and O–H groups in total. The van der Waals surface area contributed by atoms with E-state index in [0.717, 1.165) is 12.8 Å². The molecular weight excluding hydrogens is 306 g/mol. The first kappa shape index (κ1) is 16.1. The molecular formula is C18H21N3O3. The van der Waals surface area contributed by atoms with Gasteiger partial charge < -0.3 is 20.5 Å². The summed E-state index contributed by atoms with van der Waals surface area (Å²) in [6, 6.07) is 8.54. The molecule has 0 unspecified atom stereocenters. The Morgan fingerprint density at radius 2 is 2.00 bits per heavy atom. The van der Waals surface area contributed by atoms with Gasteiger partial charge in [-0.3, -0.25) is 4.79 Å². The normalized spacial score (nSPS) is 14.4. The van der Waals surface area contributed by atoms with E-state index in [2.05, 4.69) is 10.3 Å². The molecule has 0 spiro atoms. The van der Waals surface area contributed by atoms with Crippen molar-refractivity contribution in [1.82, 2.24) is 4.98 Å². The van der Waals surface area contributed by atoms with Crippen LogP contribution in [0.25, 0.3) is 0 Å². The van der Waals surface area contributed by atoms with Crippen LogP contribution in [0.3, 0.4) is 0 Å². The largest absolute Gasteiger partial charge is 0.493 e. The van der Waals surface area contributed by atoms with E-state index in [1.807, 2.05) is 0 Å². The average Bonchev–Trinajstić information content (AvgIpc) is 3.10. The van der Waals surface area contributed by atoms with Crippen molar-refractivity contribution in [3.05, 3.63) is 42.1 Å². The molecule has 0 radical (unpaired) electrons. The van der Waals surface area contributed by atoms with Crippen LogP contribution in [-0.2, 0) is 0 Å². The molecule has 24 heavy (non-hydrogen) atoms. The van der Waals surface area contributed by atoms with Crippen molar-refractivity contribution in [1.29, 1.82) is 0 Å². The third-order valence-electron chi connectivity index (χ3n) is 4.07. The Kier molecular flexibility index (Phi) is 4.84. The number of nitrogens with two attached hydrogens (primary N) is 1. The highest BCUT2D eigenvalue weighted by atomic mass is 16.5. The van der Waals surface area contributed by atoms with Crippen LogP contribution in [0, 0.1) is 0 Å². The number of nitrogen functional groups attached to an aromatic ring is 1. The number of carbonyl (C=O) groups excluding carboxylic acids is 1. The number of ether oxygens (including phenoxy) is 2. The third-order valence-corrected chi connectivity index (χ3v) is 4.07. The lowest BCUT2D eigenvalue weighted by Gasteiger charge is -2.16. The van der Waals surface area contributed by atoms with Gasteiger partial charge in [-0.2, -0.15) is 0 Å². The van der Waals surface area contributed by atoms with Crippen molar-refractivity contribution in [3.8, 4) is 11.5 Å². The lowest BCUT2D eigenvalue weighted by molar-refractivity contribution is 0.102. The van der Waals surface area contributed by atoms with Gasteiger partial charge in [-0.1, -0.05) is 0 Å². The van der Waals surface area contributed by atoms with Crippen LogP contribution in [-0.4, -0.2) is 24.1 Å². The average molecular weight is 327 g/mol. The van der Waals surface area contributed by atoms with Crippen LogP contribution in [0.15, 0.2) is 36.5 Å². The Bertz CT molecular complexity index is 710. The lowest BCUT2D eigenvalue weighted by atomic mass is 10.1. The summed E-state index contributed by atoms with van der Waals surface area (Å²) in [5.41, 5.74) is 6.61. The maximum atomic E-state index is 12.4. The molecule has 1 aromatic heterocycles. The highest BCUT2D eigenvalue weighted by Gasteiger charge is 2.19. The first-order valence-corrected chi connectivity index (χ1v) is 8.03. The summed E-state index contributed by atoms with van der Waals surface area (Å²) in [5, 5.41) is 2.78. The SMILES string of the molecule is COc1cc(C(=O)Nc2ccc(N)nc2)ccc1OC1CCCC1. The number of aromatic nitrogens is 1. The quantitative estimate of drug-likeness (QED) is 0.880. The van der Waals surface area contributed by atoms with E-state index in [1.165, 1.54) is 19.0 Å². The van der Waals surface area contributed by atoms with Gasteiger partial charge in [0.05, 0.1) is 25.1 Å². The minimum absolute atomic E-state index is 0.236. The van der Waals surface area contributed by atoms with Gasteiger partial charge in [0.2, 0.25) is 0 Å². The molecule has 3 rings (SSSR count). The number of hydrogen-bond acceptors (Lipinski definition) is 5. The number of methoxy groups -OCH3 is 1. The predicted molar refractivity (Wildman–Crippen MR) is 92.5 cm³/mol. The number of nitrogens with one attached hydrogen (secondary N) is 1. The molecule has 126 valence electrons. The zero-order valence-corrected chi connectivity index (χ0v) is 13.6. The van der Waals surface area contributed by atoms with Gasteiger partial charge in [0.1, 0.15) is 5.82 Å². The van der Waals surface area contributed by atoms with Crippen molar-refractivity contribution in [2.75, 3.05) is 18.2 Å². The Balaban J connectivity index is 1.73. The van der Waals surface area contributed by atoms with Gasteiger partial charge in [0, 0.05) is 5.56 Å². The van der Waals surface area contributed by atoms with Gasteiger partial charge in [-0.25, -0.2) is 4.98 Å². The fraction of sp³-hybridized carbons (Fsp3) is 0.333. The van der Waals surface area contributed by atoms with Gasteiger partial charge in [0.15, 0.2) is 11.5 Å². The summed E-state index contributed by atoms with van der Waals surface area (Å²) in [7, 11) is 1.57. The molecule has 6 heteroatoms. The highest BCUT2D eigenvalue weighted by molar-refractivity contribution is 6.04. The summed E-state index contributed by atoms with van der Waals surface area (Å²) in [6.45, 7) is 0. The van der Waals surface area contributed by atoms with E-state index in [1.54, 1.807) is 37.4 Å². The molecule has 1 heterocycles. The first-order valence-electron chi connectivity index (χ1n) is 8.03. The zero-order chi connectivity index (χ0) is 16.9. The molecule has 6 nitrogen and oxygen atoms in total. The molecule has 0 aliphatic heterocycles. The van der Waals surface area contributed by atoms with E-state index in [-0.39, 0.29) is 12.0 Å². The zero-order valence-electron chi connectivity index (χ0n) is 13.6. The van der Waals surface area contributed by atoms with Crippen molar-refractivity contribution in [2.24, 2.45) is 0 Å². The van der Waals surface area contributed by atoms with E-state index in [0.29, 0.717) is 28.6 Å². The minimum atomic E-state index is -0.243. The number of hydrogen-bond donors (Lipinski definition) is 2. The van der Waals surface area contributed by atoms with Crippen LogP contribution in [0.2, 0.25) is 0 Å². The van der Waals surface area contributed by atoms with Crippen LogP contribution in [0.4, 0.5) is 11.5 Å². The molecule has 0 atom stereocenters. The number of amides is 1. The van der Waals surface area contributed by atoms with Crippen LogP contribution >= 0.6 is 0 Å². The predicted octanol–water partition coefficient (Wildman–Crippen LogP) is 3.25. The molecule has 1 aromatic carbocycles. The smallest absolute Gasteiger partial charge is 0.255 e. The number of anilines is 2. The number of pyridine rings is 1. The molecule has 0 saturated heterocycles. The number of rotatable bonds is 5. The van der Waals surface area contributed by atoms with Crippen molar-refractivity contribution >= 4 is 17.4 Å². The molecule has 0 bridgehead atoms. The van der Waals surface area contributed by atoms with Gasteiger partial charge in [0.25, 0.3) is 5.91 Å². The topological polar surface area (TPSA) is 86.5 Å². The monoisotopic (exact) mass is 327 g/mol. The molecule has 2 aromatic rings. The maximum absolute atomic E-state index is 12.4. The van der Waals surface area contributed by atoms with Crippen molar-refractivity contribution < 1.29 is 14.3 Å². The Hall–Kier alpha value is -2.76. The second kappa shape index (κ2) is 7.21. The minimum Gasteiger partial charge on any atom is -0.493 e. The summed E-state index contributed by atoms with van der Waals surface area (Å²) >= 11 is 0. The second-order valence-corrected chi connectivity index (χ2v) is 5.82. The summed E-state index contributed by atoms with van der Waals surface area (Å²) in [5.74, 6) is 1.40. The lowest BCUT2D eigenvalue weighted by Crippen LogP contribution is -2.14. The van der Waals surface area contributed by atoms with Gasteiger partial charge in [-0.15, -0.1) is 0 Å². The number of carbonyl (C=O) groups is 1. The van der Waals surface area contributed by atoms with Crippen molar-refractivity contribution in [3.63, 3.8) is 0 Å². The standard InChI is InChI=1S/C18H21N3O3/c1-23-16-10-12(6-8-15(16)24-14-4-2-3-5-14)18(22)21-13-7-9-17(19)20-11-13/h6-11,14H,2-5H2,1H3,(H2,19,20)(H,21,22).